The zero-order chi connectivity index (χ0) is 40.9. The highest BCUT2D eigenvalue weighted by atomic mass is 19.4. The molecule has 4 aromatic rings. The summed E-state index contributed by atoms with van der Waals surface area (Å²) in [7, 11) is 3.15. The third-order valence-corrected chi connectivity index (χ3v) is 10.3. The quantitative estimate of drug-likeness (QED) is 0.132. The van der Waals surface area contributed by atoms with Crippen molar-refractivity contribution in [1.29, 1.82) is 0 Å². The molecule has 1 fully saturated rings. The summed E-state index contributed by atoms with van der Waals surface area (Å²) in [6, 6.07) is 22.5. The molecule has 58 heavy (non-hydrogen) atoms. The van der Waals surface area contributed by atoms with E-state index in [1.165, 1.54) is 0 Å². The van der Waals surface area contributed by atoms with Gasteiger partial charge >= 0.3 is 12.3 Å². The van der Waals surface area contributed by atoms with Gasteiger partial charge in [0, 0.05) is 35.9 Å². The number of aliphatic imine (C=N–C) groups is 2. The maximum Gasteiger partial charge on any atom is 0.416 e. The van der Waals surface area contributed by atoms with Gasteiger partial charge in [-0.15, -0.1) is 10.0 Å². The molecule has 0 radical (unpaired) electrons. The number of aliphatic hydroxyl groups is 1. The molecule has 0 aliphatic carbocycles. The van der Waals surface area contributed by atoms with Crippen LogP contribution in [0.3, 0.4) is 0 Å². The molecule has 16 heteroatoms. The minimum Gasteiger partial charge on any atom is -0.497 e. The van der Waals surface area contributed by atoms with Crippen LogP contribution in [0.2, 0.25) is 0 Å². The second-order valence-electron chi connectivity index (χ2n) is 13.8. The minimum absolute atomic E-state index is 0.0793. The normalized spacial score (nSPS) is 20.0. The molecule has 0 saturated carbocycles. The first-order valence-corrected chi connectivity index (χ1v) is 18.5. The number of rotatable bonds is 12. The molecule has 13 nitrogen and oxygen atoms in total. The Hall–Kier alpha value is -6.36. The number of fused-ring (bicyclic) bond motifs is 1. The zero-order valence-corrected chi connectivity index (χ0v) is 31.6. The number of aliphatic hydroxyl groups excluding tert-OH is 1. The summed E-state index contributed by atoms with van der Waals surface area (Å²) in [6.45, 7) is 0.366. The maximum atomic E-state index is 13.5. The summed E-state index contributed by atoms with van der Waals surface area (Å²) in [5.41, 5.74) is 6.55. The number of allylic oxidation sites excluding steroid dienone is 1. The molecule has 1 aromatic heterocycles. The molecule has 0 spiro atoms. The Kier molecular flexibility index (Phi) is 11.7. The van der Waals surface area contributed by atoms with Crippen molar-refractivity contribution < 1.29 is 46.7 Å². The number of amidine groups is 1. The lowest BCUT2D eigenvalue weighted by molar-refractivity contribution is -0.791. The van der Waals surface area contributed by atoms with E-state index in [-0.39, 0.29) is 41.6 Å². The molecular weight excluding hydrogens is 755 g/mol. The van der Waals surface area contributed by atoms with Gasteiger partial charge in [-0.05, 0) is 60.9 Å². The fourth-order valence-corrected chi connectivity index (χ4v) is 7.19. The fraction of sp³-hybridized carbons (Fsp3) is 0.262. The van der Waals surface area contributed by atoms with Gasteiger partial charge in [-0.25, -0.2) is 9.78 Å². The molecular formula is C42H41F3N7O6+. The molecule has 7 rings (SSSR count). The highest BCUT2D eigenvalue weighted by Crippen LogP contribution is 2.40. The van der Waals surface area contributed by atoms with Crippen LogP contribution in [0.15, 0.2) is 125 Å². The highest BCUT2D eigenvalue weighted by Gasteiger charge is 2.49. The molecule has 3 N–H and O–H groups in total. The predicted molar refractivity (Wildman–Crippen MR) is 208 cm³/mol. The van der Waals surface area contributed by atoms with Crippen LogP contribution >= 0.6 is 0 Å². The standard InChI is InChI=1S/C42H40F3N7O6/c1-56-34-15-13-30(36(21-34)57-2)22-48-52-19-18-46-23-35(52)38(31-12-14-33(25-53)51(24-31)41(55)58-26-27-6-4-3-5-7-27)50-39(52)28-8-10-29(11-9-28)40(54)49-37-20-32(16-17-47-37)42(43,44)45/h3-11,13,15-21,23,31,33,48,53H,12,14,22,24-26H2,1-2H3/p+1. The number of halogens is 3. The summed E-state index contributed by atoms with van der Waals surface area (Å²) >= 11 is 0. The third kappa shape index (κ3) is 8.34. The van der Waals surface area contributed by atoms with Crippen molar-refractivity contribution >= 4 is 29.9 Å². The summed E-state index contributed by atoms with van der Waals surface area (Å²) in [6.07, 6.45) is 2.17. The SMILES string of the molecule is COc1ccc(CN[N+]23C=CN=CC2=C(C2CCC(CO)N(C(=O)OCc4ccccc4)C2)N=C3c2ccc(C(=O)Nc3cc(C(F)(F)F)ccn3)cc2)c(OC)c1. The second-order valence-corrected chi connectivity index (χ2v) is 13.8. The number of nitrogens with zero attached hydrogens (tertiary/aromatic N) is 5. The Morgan fingerprint density at radius 3 is 2.50 bits per heavy atom. The molecule has 3 atom stereocenters. The lowest BCUT2D eigenvalue weighted by atomic mass is 9.90. The number of alkyl halides is 3. The van der Waals surface area contributed by atoms with Crippen molar-refractivity contribution in [2.24, 2.45) is 15.9 Å². The van der Waals surface area contributed by atoms with Crippen LogP contribution < -0.4 is 20.2 Å². The highest BCUT2D eigenvalue weighted by molar-refractivity contribution is 6.05. The van der Waals surface area contributed by atoms with Crippen molar-refractivity contribution in [2.45, 2.75) is 38.2 Å². The topological polar surface area (TPSA) is 147 Å². The average Bonchev–Trinajstić information content (AvgIpc) is 3.60. The molecule has 1 saturated heterocycles. The number of quaternary nitrogens is 1. The first-order chi connectivity index (χ1) is 28.0. The van der Waals surface area contributed by atoms with Gasteiger partial charge in [0.1, 0.15) is 35.8 Å². The molecule has 3 aromatic carbocycles. The van der Waals surface area contributed by atoms with E-state index in [1.807, 2.05) is 48.7 Å². The Morgan fingerprint density at radius 2 is 1.78 bits per heavy atom. The van der Waals surface area contributed by atoms with Crippen LogP contribution in [0, 0.1) is 5.92 Å². The van der Waals surface area contributed by atoms with Crippen LogP contribution in [0.5, 0.6) is 11.5 Å². The van der Waals surface area contributed by atoms with Crippen LogP contribution in [0.4, 0.5) is 23.8 Å². The Morgan fingerprint density at radius 1 is 0.983 bits per heavy atom. The van der Waals surface area contributed by atoms with Gasteiger partial charge in [-0.2, -0.15) is 18.2 Å². The van der Waals surface area contributed by atoms with Gasteiger partial charge in [-0.3, -0.25) is 9.79 Å². The molecule has 3 unspecified atom stereocenters. The van der Waals surface area contributed by atoms with E-state index < -0.39 is 29.8 Å². The molecule has 3 aliphatic rings. The van der Waals surface area contributed by atoms with Gasteiger partial charge in [0.2, 0.25) is 5.70 Å². The van der Waals surface area contributed by atoms with E-state index in [0.717, 1.165) is 29.5 Å². The molecule has 300 valence electrons. The van der Waals surface area contributed by atoms with Crippen molar-refractivity contribution in [3.05, 3.63) is 143 Å². The van der Waals surface area contributed by atoms with E-state index in [2.05, 4.69) is 20.7 Å². The van der Waals surface area contributed by atoms with Gasteiger partial charge in [-0.1, -0.05) is 36.4 Å². The number of anilines is 1. The van der Waals surface area contributed by atoms with Crippen LogP contribution in [-0.4, -0.2) is 77.0 Å². The number of likely N-dealkylation sites (tertiary alicyclic amines) is 1. The lowest BCUT2D eigenvalue weighted by Gasteiger charge is -2.38. The van der Waals surface area contributed by atoms with Crippen LogP contribution in [0.1, 0.15) is 45.5 Å². The molecule has 4 heterocycles. The first-order valence-electron chi connectivity index (χ1n) is 18.5. The lowest BCUT2D eigenvalue weighted by Crippen LogP contribution is -2.56. The number of methoxy groups -OCH3 is 2. The fourth-order valence-electron chi connectivity index (χ4n) is 7.19. The van der Waals surface area contributed by atoms with Crippen LogP contribution in [0.25, 0.3) is 0 Å². The summed E-state index contributed by atoms with van der Waals surface area (Å²) in [4.78, 5) is 41.9. The molecule has 0 bridgehead atoms. The van der Waals surface area contributed by atoms with Crippen molar-refractivity contribution in [3.63, 3.8) is 0 Å². The number of nitrogens with one attached hydrogen (secondary N) is 2. The zero-order valence-electron chi connectivity index (χ0n) is 31.6. The number of piperidine rings is 1. The van der Waals surface area contributed by atoms with Crippen LogP contribution in [-0.2, 0) is 24.1 Å². The maximum absolute atomic E-state index is 13.5. The average molecular weight is 797 g/mol. The second kappa shape index (κ2) is 17.0. The Bertz CT molecular complexity index is 2280. The number of carbonyl (C=O) groups excluding carboxylic acids is 2. The van der Waals surface area contributed by atoms with Gasteiger partial charge in [0.15, 0.2) is 0 Å². The first kappa shape index (κ1) is 39.9. The Balaban J connectivity index is 1.21. The van der Waals surface area contributed by atoms with Crippen molar-refractivity contribution in [3.8, 4) is 11.5 Å². The largest absolute Gasteiger partial charge is 0.497 e. The van der Waals surface area contributed by atoms with Gasteiger partial charge in [0.05, 0.1) is 57.0 Å². The monoisotopic (exact) mass is 796 g/mol. The Labute approximate surface area is 332 Å². The summed E-state index contributed by atoms with van der Waals surface area (Å²) in [5, 5.41) is 12.7. The van der Waals surface area contributed by atoms with E-state index in [1.54, 1.807) is 61.9 Å². The van der Waals surface area contributed by atoms with E-state index in [0.29, 0.717) is 53.7 Å². The smallest absolute Gasteiger partial charge is 0.416 e. The third-order valence-electron chi connectivity index (χ3n) is 10.3. The molecule has 3 aliphatic heterocycles. The summed E-state index contributed by atoms with van der Waals surface area (Å²) < 4.78 is 56.6. The number of amides is 2. The number of pyridine rings is 1. The minimum atomic E-state index is -4.60. The number of aromatic nitrogens is 1. The number of hydrogen-bond donors (Lipinski definition) is 3. The van der Waals surface area contributed by atoms with Crippen molar-refractivity contribution in [2.75, 3.05) is 32.7 Å². The van der Waals surface area contributed by atoms with E-state index >= 15 is 0 Å². The number of benzene rings is 3. The predicted octanol–water partition coefficient (Wildman–Crippen LogP) is 6.83. The summed E-state index contributed by atoms with van der Waals surface area (Å²) in [5.74, 6) is 0.593. The van der Waals surface area contributed by atoms with Crippen molar-refractivity contribution in [1.82, 2.24) is 15.3 Å². The van der Waals surface area contributed by atoms with Gasteiger partial charge < -0.3 is 29.5 Å². The van der Waals surface area contributed by atoms with Gasteiger partial charge in [0.25, 0.3) is 11.7 Å². The molecule has 2 amide bonds. The number of hydrogen-bond acceptors (Lipinski definition) is 10. The number of carbonyl (C=O) groups is 2. The van der Waals surface area contributed by atoms with E-state index in [9.17, 15) is 27.9 Å². The van der Waals surface area contributed by atoms with E-state index in [4.69, 9.17) is 19.2 Å². The number of ether oxygens (including phenoxy) is 3.